The standard InChI is InChI=1S/C11H14F3NO/c1-6-4-8(10(15)11(12,13)14)5-7(2)9(6)16-3/h4-5,10H,15H2,1-3H3. The first-order valence-corrected chi connectivity index (χ1v) is 4.74. The highest BCUT2D eigenvalue weighted by Crippen LogP contribution is 2.34. The largest absolute Gasteiger partial charge is 0.496 e. The number of methoxy groups -OCH3 is 1. The molecule has 0 spiro atoms. The molecule has 0 aromatic heterocycles. The summed E-state index contributed by atoms with van der Waals surface area (Å²) in [4.78, 5) is 0. The molecule has 5 heteroatoms. The molecule has 0 heterocycles. The fourth-order valence-electron chi connectivity index (χ4n) is 1.67. The lowest BCUT2D eigenvalue weighted by molar-refractivity contribution is -0.149. The van der Waals surface area contributed by atoms with Crippen LogP contribution in [0, 0.1) is 13.8 Å². The minimum atomic E-state index is -4.42. The van der Waals surface area contributed by atoms with E-state index >= 15 is 0 Å². The van der Waals surface area contributed by atoms with Crippen molar-refractivity contribution in [1.29, 1.82) is 0 Å². The number of benzene rings is 1. The molecule has 1 rings (SSSR count). The molecular formula is C11H14F3NO. The third-order valence-electron chi connectivity index (χ3n) is 2.40. The summed E-state index contributed by atoms with van der Waals surface area (Å²) in [6.07, 6.45) is -4.42. The molecule has 0 saturated heterocycles. The molecule has 1 atom stereocenters. The molecule has 0 amide bonds. The zero-order valence-electron chi connectivity index (χ0n) is 9.35. The highest BCUT2D eigenvalue weighted by atomic mass is 19.4. The van der Waals surface area contributed by atoms with E-state index in [1.807, 2.05) is 0 Å². The van der Waals surface area contributed by atoms with Crippen molar-refractivity contribution in [2.75, 3.05) is 7.11 Å². The van der Waals surface area contributed by atoms with Gasteiger partial charge in [-0.1, -0.05) is 12.1 Å². The molecule has 0 aliphatic heterocycles. The number of aryl methyl sites for hydroxylation is 2. The highest BCUT2D eigenvalue weighted by molar-refractivity contribution is 5.44. The maximum Gasteiger partial charge on any atom is 0.407 e. The lowest BCUT2D eigenvalue weighted by atomic mass is 10.0. The van der Waals surface area contributed by atoms with Gasteiger partial charge in [-0.2, -0.15) is 13.2 Å². The molecule has 0 saturated carbocycles. The van der Waals surface area contributed by atoms with Gasteiger partial charge in [0.1, 0.15) is 11.8 Å². The van der Waals surface area contributed by atoms with E-state index in [4.69, 9.17) is 10.5 Å². The summed E-state index contributed by atoms with van der Waals surface area (Å²) in [6, 6.07) is 0.865. The number of rotatable bonds is 2. The Labute approximate surface area is 92.2 Å². The summed E-state index contributed by atoms with van der Waals surface area (Å²) < 4.78 is 42.3. The van der Waals surface area contributed by atoms with Crippen LogP contribution in [-0.2, 0) is 0 Å². The Morgan fingerprint density at radius 1 is 1.19 bits per heavy atom. The third kappa shape index (κ3) is 2.47. The number of alkyl halides is 3. The fraction of sp³-hybridized carbons (Fsp3) is 0.455. The molecule has 2 N–H and O–H groups in total. The van der Waals surface area contributed by atoms with Gasteiger partial charge in [0.05, 0.1) is 7.11 Å². The summed E-state index contributed by atoms with van der Waals surface area (Å²) in [5, 5.41) is 0. The van der Waals surface area contributed by atoms with Crippen molar-refractivity contribution in [2.45, 2.75) is 26.1 Å². The Kier molecular flexibility index (Phi) is 3.48. The lowest BCUT2D eigenvalue weighted by Gasteiger charge is -2.18. The average molecular weight is 233 g/mol. The van der Waals surface area contributed by atoms with Crippen LogP contribution in [0.25, 0.3) is 0 Å². The molecule has 0 bridgehead atoms. The van der Waals surface area contributed by atoms with Crippen LogP contribution in [0.5, 0.6) is 5.75 Å². The number of halogens is 3. The number of hydrogen-bond acceptors (Lipinski definition) is 2. The molecule has 0 fully saturated rings. The van der Waals surface area contributed by atoms with Gasteiger partial charge in [0.2, 0.25) is 0 Å². The predicted molar refractivity (Wildman–Crippen MR) is 55.5 cm³/mol. The van der Waals surface area contributed by atoms with Gasteiger partial charge in [0.25, 0.3) is 0 Å². The molecule has 1 unspecified atom stereocenters. The monoisotopic (exact) mass is 233 g/mol. The number of ether oxygens (including phenoxy) is 1. The average Bonchev–Trinajstić information content (AvgIpc) is 2.14. The van der Waals surface area contributed by atoms with Crippen LogP contribution in [-0.4, -0.2) is 13.3 Å². The zero-order chi connectivity index (χ0) is 12.5. The third-order valence-corrected chi connectivity index (χ3v) is 2.40. The Morgan fingerprint density at radius 2 is 1.62 bits per heavy atom. The molecule has 1 aromatic carbocycles. The van der Waals surface area contributed by atoms with Gasteiger partial charge in [-0.25, -0.2) is 0 Å². The van der Waals surface area contributed by atoms with E-state index in [1.165, 1.54) is 19.2 Å². The van der Waals surface area contributed by atoms with Gasteiger partial charge in [-0.15, -0.1) is 0 Å². The fourth-order valence-corrected chi connectivity index (χ4v) is 1.67. The van der Waals surface area contributed by atoms with Gasteiger partial charge in [0, 0.05) is 0 Å². The smallest absolute Gasteiger partial charge is 0.407 e. The van der Waals surface area contributed by atoms with E-state index in [2.05, 4.69) is 0 Å². The lowest BCUT2D eigenvalue weighted by Crippen LogP contribution is -2.28. The summed E-state index contributed by atoms with van der Waals surface area (Å²) >= 11 is 0. The molecule has 0 aliphatic rings. The minimum Gasteiger partial charge on any atom is -0.496 e. The van der Waals surface area contributed by atoms with Crippen molar-refractivity contribution in [1.82, 2.24) is 0 Å². The van der Waals surface area contributed by atoms with Crippen LogP contribution >= 0.6 is 0 Å². The first kappa shape index (κ1) is 12.8. The Bertz CT molecular complexity index is 364. The number of nitrogens with two attached hydrogens (primary N) is 1. The zero-order valence-corrected chi connectivity index (χ0v) is 9.35. The molecule has 90 valence electrons. The highest BCUT2D eigenvalue weighted by Gasteiger charge is 2.38. The maximum atomic E-state index is 12.4. The maximum absolute atomic E-state index is 12.4. The predicted octanol–water partition coefficient (Wildman–Crippen LogP) is 2.87. The van der Waals surface area contributed by atoms with Crippen molar-refractivity contribution in [3.63, 3.8) is 0 Å². The van der Waals surface area contributed by atoms with E-state index in [9.17, 15) is 13.2 Å². The van der Waals surface area contributed by atoms with Crippen LogP contribution in [0.15, 0.2) is 12.1 Å². The van der Waals surface area contributed by atoms with Crippen LogP contribution in [0.1, 0.15) is 22.7 Å². The molecular weight excluding hydrogens is 219 g/mol. The molecule has 16 heavy (non-hydrogen) atoms. The van der Waals surface area contributed by atoms with E-state index in [0.717, 1.165) is 0 Å². The summed E-state index contributed by atoms with van der Waals surface area (Å²) in [5.41, 5.74) is 6.49. The summed E-state index contributed by atoms with van der Waals surface area (Å²) in [7, 11) is 1.48. The van der Waals surface area contributed by atoms with Gasteiger partial charge < -0.3 is 10.5 Å². The normalized spacial score (nSPS) is 13.7. The first-order valence-electron chi connectivity index (χ1n) is 4.74. The van der Waals surface area contributed by atoms with Crippen molar-refractivity contribution < 1.29 is 17.9 Å². The van der Waals surface area contributed by atoms with E-state index in [1.54, 1.807) is 13.8 Å². The summed E-state index contributed by atoms with van der Waals surface area (Å²) in [6.45, 7) is 3.39. The Morgan fingerprint density at radius 3 is 1.94 bits per heavy atom. The first-order chi connectivity index (χ1) is 7.27. The second kappa shape index (κ2) is 4.33. The van der Waals surface area contributed by atoms with Crippen LogP contribution in [0.4, 0.5) is 13.2 Å². The number of hydrogen-bond donors (Lipinski definition) is 1. The summed E-state index contributed by atoms with van der Waals surface area (Å²) in [5.74, 6) is 0.595. The van der Waals surface area contributed by atoms with E-state index < -0.39 is 12.2 Å². The van der Waals surface area contributed by atoms with Crippen LogP contribution in [0.3, 0.4) is 0 Å². The topological polar surface area (TPSA) is 35.2 Å². The van der Waals surface area contributed by atoms with Crippen molar-refractivity contribution in [2.24, 2.45) is 5.73 Å². The second-order valence-electron chi connectivity index (χ2n) is 3.71. The Balaban J connectivity index is 3.19. The van der Waals surface area contributed by atoms with Crippen molar-refractivity contribution in [3.8, 4) is 5.75 Å². The minimum absolute atomic E-state index is 0.0586. The van der Waals surface area contributed by atoms with Gasteiger partial charge >= 0.3 is 6.18 Å². The van der Waals surface area contributed by atoms with Gasteiger partial charge in [0.15, 0.2) is 0 Å². The van der Waals surface area contributed by atoms with Crippen molar-refractivity contribution in [3.05, 3.63) is 28.8 Å². The van der Waals surface area contributed by atoms with E-state index in [-0.39, 0.29) is 5.56 Å². The van der Waals surface area contributed by atoms with Crippen LogP contribution < -0.4 is 10.5 Å². The molecule has 2 nitrogen and oxygen atoms in total. The SMILES string of the molecule is COc1c(C)cc(C(N)C(F)(F)F)cc1C. The second-order valence-corrected chi connectivity index (χ2v) is 3.71. The molecule has 0 radical (unpaired) electrons. The molecule has 1 aromatic rings. The van der Waals surface area contributed by atoms with E-state index in [0.29, 0.717) is 16.9 Å². The molecule has 0 aliphatic carbocycles. The van der Waals surface area contributed by atoms with Gasteiger partial charge in [-0.05, 0) is 30.5 Å². The quantitative estimate of drug-likeness (QED) is 0.852. The Hall–Kier alpha value is -1.23. The van der Waals surface area contributed by atoms with Crippen LogP contribution in [0.2, 0.25) is 0 Å². The van der Waals surface area contributed by atoms with Crippen molar-refractivity contribution >= 4 is 0 Å². The van der Waals surface area contributed by atoms with Gasteiger partial charge in [-0.3, -0.25) is 0 Å².